The molecule has 2 rings (SSSR count). The lowest BCUT2D eigenvalue weighted by molar-refractivity contribution is 0.0702. The van der Waals surface area contributed by atoms with Crippen LogP contribution in [0.2, 0.25) is 5.15 Å². The zero-order valence-electron chi connectivity index (χ0n) is 9.79. The van der Waals surface area contributed by atoms with Gasteiger partial charge in [-0.15, -0.1) is 0 Å². The molecule has 1 N–H and O–H groups in total. The number of rotatable bonds is 3. The van der Waals surface area contributed by atoms with Gasteiger partial charge in [-0.2, -0.15) is 5.26 Å². The first-order chi connectivity index (χ1) is 9.02. The van der Waals surface area contributed by atoms with Gasteiger partial charge in [-0.3, -0.25) is 0 Å². The Balaban J connectivity index is 2.38. The molecule has 7 heteroatoms. The number of hydrogen-bond donors (Lipinski definition) is 1. The third-order valence-corrected chi connectivity index (χ3v) is 3.92. The Morgan fingerprint density at radius 2 is 2.32 bits per heavy atom. The Morgan fingerprint density at radius 3 is 2.89 bits per heavy atom. The fourth-order valence-corrected chi connectivity index (χ4v) is 2.57. The van der Waals surface area contributed by atoms with Crippen LogP contribution >= 0.6 is 22.9 Å². The van der Waals surface area contributed by atoms with Crippen LogP contribution in [0.15, 0.2) is 24.3 Å². The second-order valence-corrected chi connectivity index (χ2v) is 4.98. The van der Waals surface area contributed by atoms with E-state index in [4.69, 9.17) is 22.0 Å². The Labute approximate surface area is 118 Å². The molecule has 0 aliphatic heterocycles. The maximum atomic E-state index is 10.9. The largest absolute Gasteiger partial charge is 0.477 e. The van der Waals surface area contributed by atoms with E-state index in [-0.39, 0.29) is 10.0 Å². The summed E-state index contributed by atoms with van der Waals surface area (Å²) >= 11 is 6.75. The third-order valence-electron chi connectivity index (χ3n) is 2.42. The van der Waals surface area contributed by atoms with E-state index in [0.717, 1.165) is 17.0 Å². The number of benzene rings is 1. The van der Waals surface area contributed by atoms with Crippen LogP contribution in [0.1, 0.15) is 15.2 Å². The highest BCUT2D eigenvalue weighted by Gasteiger charge is 2.18. The van der Waals surface area contributed by atoms with Gasteiger partial charge in [0.2, 0.25) is 0 Å². The monoisotopic (exact) mass is 293 g/mol. The molecule has 0 spiro atoms. The number of hydrogen-bond acceptors (Lipinski definition) is 5. The number of nitriles is 1. The molecule has 0 aliphatic rings. The topological polar surface area (TPSA) is 77.2 Å². The average Bonchev–Trinajstić information content (AvgIpc) is 2.80. The van der Waals surface area contributed by atoms with Gasteiger partial charge in [0.25, 0.3) is 0 Å². The zero-order valence-corrected chi connectivity index (χ0v) is 11.4. The van der Waals surface area contributed by atoms with Crippen molar-refractivity contribution in [2.75, 3.05) is 11.9 Å². The molecule has 96 valence electrons. The molecule has 0 bridgehead atoms. The first-order valence-corrected chi connectivity index (χ1v) is 6.36. The van der Waals surface area contributed by atoms with E-state index >= 15 is 0 Å². The predicted molar refractivity (Wildman–Crippen MR) is 73.3 cm³/mol. The molecule has 1 heterocycles. The smallest absolute Gasteiger partial charge is 0.349 e. The molecular formula is C12H8ClN3O2S. The Hall–Kier alpha value is -2.10. The summed E-state index contributed by atoms with van der Waals surface area (Å²) < 4.78 is 0. The fraction of sp³-hybridized carbons (Fsp3) is 0.0833. The number of carboxylic acid groups (broad SMARTS) is 1. The SMILES string of the molecule is CN(c1cccc(C#N)c1)c1nc(Cl)c(C(=O)O)s1. The van der Waals surface area contributed by atoms with E-state index < -0.39 is 5.97 Å². The molecule has 0 amide bonds. The maximum absolute atomic E-state index is 10.9. The molecular weight excluding hydrogens is 286 g/mol. The van der Waals surface area contributed by atoms with E-state index in [9.17, 15) is 4.79 Å². The van der Waals surface area contributed by atoms with Crippen LogP contribution in [0.4, 0.5) is 10.8 Å². The van der Waals surface area contributed by atoms with Crippen LogP contribution in [0.3, 0.4) is 0 Å². The molecule has 19 heavy (non-hydrogen) atoms. The fourth-order valence-electron chi connectivity index (χ4n) is 1.46. The summed E-state index contributed by atoms with van der Waals surface area (Å²) in [6.45, 7) is 0. The molecule has 0 radical (unpaired) electrons. The van der Waals surface area contributed by atoms with Gasteiger partial charge < -0.3 is 10.0 Å². The van der Waals surface area contributed by atoms with E-state index in [1.807, 2.05) is 6.07 Å². The first-order valence-electron chi connectivity index (χ1n) is 5.16. The number of nitrogens with zero attached hydrogens (tertiary/aromatic N) is 3. The van der Waals surface area contributed by atoms with Gasteiger partial charge in [0.05, 0.1) is 11.6 Å². The van der Waals surface area contributed by atoms with Crippen molar-refractivity contribution < 1.29 is 9.90 Å². The minimum Gasteiger partial charge on any atom is -0.477 e. The molecule has 1 aromatic heterocycles. The van der Waals surface area contributed by atoms with Crippen molar-refractivity contribution in [3.05, 3.63) is 39.9 Å². The van der Waals surface area contributed by atoms with Crippen LogP contribution in [0.25, 0.3) is 0 Å². The minimum atomic E-state index is -1.10. The highest BCUT2D eigenvalue weighted by atomic mass is 35.5. The molecule has 0 fully saturated rings. The van der Waals surface area contributed by atoms with Gasteiger partial charge in [0.15, 0.2) is 15.2 Å². The summed E-state index contributed by atoms with van der Waals surface area (Å²) in [6, 6.07) is 8.97. The number of anilines is 2. The van der Waals surface area contributed by atoms with Gasteiger partial charge in [0, 0.05) is 12.7 Å². The van der Waals surface area contributed by atoms with E-state index in [1.165, 1.54) is 0 Å². The second kappa shape index (κ2) is 5.26. The number of carbonyl (C=O) groups is 1. The Kier molecular flexibility index (Phi) is 3.69. The lowest BCUT2D eigenvalue weighted by Crippen LogP contribution is -2.08. The number of aromatic carboxylic acids is 1. The van der Waals surface area contributed by atoms with Gasteiger partial charge in [-0.05, 0) is 18.2 Å². The summed E-state index contributed by atoms with van der Waals surface area (Å²) in [4.78, 5) is 16.6. The Bertz CT molecular complexity index is 678. The van der Waals surface area contributed by atoms with Crippen molar-refractivity contribution in [2.45, 2.75) is 0 Å². The van der Waals surface area contributed by atoms with Gasteiger partial charge in [-0.1, -0.05) is 29.0 Å². The first kappa shape index (κ1) is 13.3. The van der Waals surface area contributed by atoms with Crippen LogP contribution < -0.4 is 4.90 Å². The molecule has 0 saturated carbocycles. The lowest BCUT2D eigenvalue weighted by Gasteiger charge is -2.15. The Morgan fingerprint density at radius 1 is 1.58 bits per heavy atom. The number of carboxylic acids is 1. The summed E-state index contributed by atoms with van der Waals surface area (Å²) in [6.07, 6.45) is 0. The lowest BCUT2D eigenvalue weighted by atomic mass is 10.2. The third kappa shape index (κ3) is 2.67. The number of halogens is 1. The summed E-state index contributed by atoms with van der Waals surface area (Å²) in [5.41, 5.74) is 1.26. The average molecular weight is 294 g/mol. The molecule has 0 atom stereocenters. The highest BCUT2D eigenvalue weighted by Crippen LogP contribution is 2.33. The van der Waals surface area contributed by atoms with Crippen LogP contribution in [-0.2, 0) is 0 Å². The molecule has 1 aromatic carbocycles. The van der Waals surface area contributed by atoms with Crippen molar-refractivity contribution in [2.24, 2.45) is 0 Å². The standard InChI is InChI=1S/C12H8ClN3O2S/c1-16(8-4-2-3-7(5-8)6-14)12-15-10(13)9(19-12)11(17)18/h2-5H,1H3,(H,17,18). The summed E-state index contributed by atoms with van der Waals surface area (Å²) in [7, 11) is 1.73. The van der Waals surface area contributed by atoms with Crippen molar-refractivity contribution in [3.63, 3.8) is 0 Å². The van der Waals surface area contributed by atoms with Crippen LogP contribution in [0.5, 0.6) is 0 Å². The number of thiazole rings is 1. The zero-order chi connectivity index (χ0) is 14.0. The summed E-state index contributed by atoms with van der Waals surface area (Å²) in [5.74, 6) is -1.10. The van der Waals surface area contributed by atoms with Crippen molar-refractivity contribution in [1.29, 1.82) is 5.26 Å². The van der Waals surface area contributed by atoms with Gasteiger partial charge >= 0.3 is 5.97 Å². The molecule has 2 aromatic rings. The quantitative estimate of drug-likeness (QED) is 0.940. The van der Waals surface area contributed by atoms with Crippen molar-refractivity contribution in [1.82, 2.24) is 4.98 Å². The predicted octanol–water partition coefficient (Wildman–Crippen LogP) is 3.13. The van der Waals surface area contributed by atoms with Crippen LogP contribution in [-0.4, -0.2) is 23.1 Å². The van der Waals surface area contributed by atoms with Crippen LogP contribution in [0, 0.1) is 11.3 Å². The van der Waals surface area contributed by atoms with Gasteiger partial charge in [-0.25, -0.2) is 9.78 Å². The minimum absolute atomic E-state index is 0.0000422. The van der Waals surface area contributed by atoms with E-state index in [0.29, 0.717) is 10.7 Å². The van der Waals surface area contributed by atoms with E-state index in [1.54, 1.807) is 36.2 Å². The molecule has 0 saturated heterocycles. The van der Waals surface area contributed by atoms with Crippen molar-refractivity contribution in [3.8, 4) is 6.07 Å². The van der Waals surface area contributed by atoms with Gasteiger partial charge in [0.1, 0.15) is 0 Å². The normalized spacial score (nSPS) is 9.95. The maximum Gasteiger partial charge on any atom is 0.349 e. The summed E-state index contributed by atoms with van der Waals surface area (Å²) in [5, 5.41) is 18.2. The molecule has 0 aliphatic carbocycles. The number of aromatic nitrogens is 1. The molecule has 0 unspecified atom stereocenters. The highest BCUT2D eigenvalue weighted by molar-refractivity contribution is 7.18. The van der Waals surface area contributed by atoms with Crippen molar-refractivity contribution >= 4 is 39.7 Å². The second-order valence-electron chi connectivity index (χ2n) is 3.64. The van der Waals surface area contributed by atoms with E-state index in [2.05, 4.69) is 4.98 Å². The molecule has 5 nitrogen and oxygen atoms in total.